The summed E-state index contributed by atoms with van der Waals surface area (Å²) in [5.74, 6) is 1.07. The van der Waals surface area contributed by atoms with E-state index < -0.39 is 0 Å². The standard InChI is InChI=1S/C22H29BrN4/c1-21(2,3)15-22(4,5)26-20-17(12-11-16-9-7-6-8-10-16)25-19-13-24-18(23)14-27(19)20/h6-10,13-14,26H,11-12,15H2,1-5H3. The van der Waals surface area contributed by atoms with Crippen molar-refractivity contribution in [3.63, 3.8) is 0 Å². The molecule has 0 atom stereocenters. The summed E-state index contributed by atoms with van der Waals surface area (Å²) in [5.41, 5.74) is 3.47. The van der Waals surface area contributed by atoms with Gasteiger partial charge in [-0.25, -0.2) is 9.97 Å². The Hall–Kier alpha value is -1.88. The molecule has 1 N–H and O–H groups in total. The summed E-state index contributed by atoms with van der Waals surface area (Å²) in [4.78, 5) is 9.21. The van der Waals surface area contributed by atoms with Gasteiger partial charge in [0.1, 0.15) is 10.4 Å². The van der Waals surface area contributed by atoms with E-state index in [0.717, 1.165) is 41.0 Å². The Kier molecular flexibility index (Phi) is 5.61. The van der Waals surface area contributed by atoms with E-state index in [-0.39, 0.29) is 11.0 Å². The molecule has 0 radical (unpaired) electrons. The van der Waals surface area contributed by atoms with Gasteiger partial charge in [0.15, 0.2) is 5.65 Å². The van der Waals surface area contributed by atoms with Gasteiger partial charge in [0, 0.05) is 11.7 Å². The Morgan fingerprint density at radius 3 is 2.41 bits per heavy atom. The van der Waals surface area contributed by atoms with Crippen molar-refractivity contribution in [2.45, 2.75) is 59.4 Å². The van der Waals surface area contributed by atoms with Crippen molar-refractivity contribution in [1.82, 2.24) is 14.4 Å². The molecule has 4 nitrogen and oxygen atoms in total. The van der Waals surface area contributed by atoms with Gasteiger partial charge < -0.3 is 5.32 Å². The molecule has 27 heavy (non-hydrogen) atoms. The van der Waals surface area contributed by atoms with Gasteiger partial charge in [-0.2, -0.15) is 0 Å². The normalized spacial score (nSPS) is 12.5. The van der Waals surface area contributed by atoms with Gasteiger partial charge in [-0.3, -0.25) is 4.40 Å². The smallest absolute Gasteiger partial charge is 0.157 e. The van der Waals surface area contributed by atoms with Crippen LogP contribution >= 0.6 is 15.9 Å². The lowest BCUT2D eigenvalue weighted by Crippen LogP contribution is -2.36. The average Bonchev–Trinajstić information content (AvgIpc) is 2.88. The third-order valence-corrected chi connectivity index (χ3v) is 4.88. The Labute approximate surface area is 170 Å². The van der Waals surface area contributed by atoms with Crippen molar-refractivity contribution in [3.8, 4) is 0 Å². The molecule has 5 heteroatoms. The molecule has 0 aliphatic carbocycles. The highest BCUT2D eigenvalue weighted by atomic mass is 79.9. The van der Waals surface area contributed by atoms with E-state index in [1.165, 1.54) is 5.56 Å². The number of halogens is 1. The van der Waals surface area contributed by atoms with Crippen LogP contribution in [-0.2, 0) is 12.8 Å². The number of nitrogens with one attached hydrogen (secondary N) is 1. The lowest BCUT2D eigenvalue weighted by Gasteiger charge is -2.34. The van der Waals surface area contributed by atoms with Crippen LogP contribution in [0.4, 0.5) is 5.82 Å². The second-order valence-electron chi connectivity index (χ2n) is 9.08. The van der Waals surface area contributed by atoms with Crippen LogP contribution in [0.15, 0.2) is 47.3 Å². The first-order chi connectivity index (χ1) is 12.6. The second kappa shape index (κ2) is 7.63. The number of imidazole rings is 1. The van der Waals surface area contributed by atoms with Crippen LogP contribution in [0.2, 0.25) is 0 Å². The van der Waals surface area contributed by atoms with E-state index in [1.807, 2.05) is 12.4 Å². The fourth-order valence-corrected chi connectivity index (χ4v) is 4.19. The number of benzene rings is 1. The number of anilines is 1. The van der Waals surface area contributed by atoms with Crippen LogP contribution in [0, 0.1) is 5.41 Å². The van der Waals surface area contributed by atoms with Crippen LogP contribution < -0.4 is 5.32 Å². The number of hydrogen-bond donors (Lipinski definition) is 1. The molecule has 0 fully saturated rings. The first-order valence-corrected chi connectivity index (χ1v) is 10.3. The van der Waals surface area contributed by atoms with Gasteiger partial charge in [-0.05, 0) is 60.0 Å². The van der Waals surface area contributed by atoms with E-state index in [0.29, 0.717) is 0 Å². The van der Waals surface area contributed by atoms with E-state index >= 15 is 0 Å². The van der Waals surface area contributed by atoms with Gasteiger partial charge in [0.05, 0.1) is 11.9 Å². The predicted molar refractivity (Wildman–Crippen MR) is 116 cm³/mol. The molecule has 0 bridgehead atoms. The zero-order valence-corrected chi connectivity index (χ0v) is 18.5. The Balaban J connectivity index is 1.94. The molecule has 0 aliphatic rings. The van der Waals surface area contributed by atoms with Crippen LogP contribution in [0.1, 0.15) is 52.3 Å². The topological polar surface area (TPSA) is 42.2 Å². The monoisotopic (exact) mass is 428 g/mol. The van der Waals surface area contributed by atoms with E-state index in [9.17, 15) is 0 Å². The molecule has 3 rings (SSSR count). The van der Waals surface area contributed by atoms with Gasteiger partial charge in [-0.15, -0.1) is 0 Å². The summed E-state index contributed by atoms with van der Waals surface area (Å²) in [6.45, 7) is 11.4. The molecular weight excluding hydrogens is 400 g/mol. The summed E-state index contributed by atoms with van der Waals surface area (Å²) >= 11 is 3.49. The maximum Gasteiger partial charge on any atom is 0.157 e. The maximum atomic E-state index is 4.87. The molecule has 0 saturated heterocycles. The first-order valence-electron chi connectivity index (χ1n) is 9.48. The highest BCUT2D eigenvalue weighted by Gasteiger charge is 2.27. The molecule has 0 aliphatic heterocycles. The minimum atomic E-state index is -0.0501. The molecule has 0 spiro atoms. The van der Waals surface area contributed by atoms with Crippen LogP contribution in [0.5, 0.6) is 0 Å². The van der Waals surface area contributed by atoms with Crippen LogP contribution in [0.25, 0.3) is 5.65 Å². The molecular formula is C22H29BrN4. The fourth-order valence-electron chi connectivity index (χ4n) is 3.88. The molecule has 144 valence electrons. The van der Waals surface area contributed by atoms with Crippen molar-refractivity contribution in [3.05, 3.63) is 58.6 Å². The number of rotatable bonds is 6. The zero-order valence-electron chi connectivity index (χ0n) is 16.9. The minimum absolute atomic E-state index is 0.0501. The van der Waals surface area contributed by atoms with Crippen molar-refractivity contribution in [2.24, 2.45) is 5.41 Å². The maximum absolute atomic E-state index is 4.87. The Morgan fingerprint density at radius 2 is 1.74 bits per heavy atom. The molecule has 0 saturated carbocycles. The first kappa shape index (κ1) is 19.9. The minimum Gasteiger partial charge on any atom is -0.365 e. The van der Waals surface area contributed by atoms with Gasteiger partial charge in [0.25, 0.3) is 0 Å². The molecule has 0 amide bonds. The van der Waals surface area contributed by atoms with Crippen molar-refractivity contribution >= 4 is 27.4 Å². The number of fused-ring (bicyclic) bond motifs is 1. The molecule has 2 aromatic heterocycles. The number of hydrogen-bond acceptors (Lipinski definition) is 3. The lowest BCUT2D eigenvalue weighted by atomic mass is 9.82. The van der Waals surface area contributed by atoms with E-state index in [2.05, 4.69) is 95.6 Å². The summed E-state index contributed by atoms with van der Waals surface area (Å²) in [6.07, 6.45) is 6.71. The zero-order chi connectivity index (χ0) is 19.7. The number of aryl methyl sites for hydroxylation is 2. The SMILES string of the molecule is CC(C)(C)CC(C)(C)Nc1c(CCc2ccccc2)nc2cnc(Br)cn12. The van der Waals surface area contributed by atoms with Crippen molar-refractivity contribution in [1.29, 1.82) is 0 Å². The Morgan fingerprint density at radius 1 is 1.04 bits per heavy atom. The summed E-state index contributed by atoms with van der Waals surface area (Å²) in [6, 6.07) is 10.6. The molecule has 2 heterocycles. The van der Waals surface area contributed by atoms with Crippen LogP contribution in [-0.4, -0.2) is 19.9 Å². The van der Waals surface area contributed by atoms with E-state index in [1.54, 1.807) is 0 Å². The second-order valence-corrected chi connectivity index (χ2v) is 9.89. The number of nitrogens with zero attached hydrogens (tertiary/aromatic N) is 3. The summed E-state index contributed by atoms with van der Waals surface area (Å²) in [7, 11) is 0. The largest absolute Gasteiger partial charge is 0.365 e. The van der Waals surface area contributed by atoms with Gasteiger partial charge in [-0.1, -0.05) is 51.1 Å². The van der Waals surface area contributed by atoms with E-state index in [4.69, 9.17) is 4.98 Å². The highest BCUT2D eigenvalue weighted by Crippen LogP contribution is 2.31. The third kappa shape index (κ3) is 5.32. The summed E-state index contributed by atoms with van der Waals surface area (Å²) < 4.78 is 2.92. The molecule has 0 unspecified atom stereocenters. The Bertz CT molecular complexity index is 907. The third-order valence-electron chi connectivity index (χ3n) is 4.47. The summed E-state index contributed by atoms with van der Waals surface area (Å²) in [5, 5.41) is 3.78. The molecule has 3 aromatic rings. The predicted octanol–water partition coefficient (Wildman–Crippen LogP) is 5.90. The van der Waals surface area contributed by atoms with Gasteiger partial charge >= 0.3 is 0 Å². The van der Waals surface area contributed by atoms with Gasteiger partial charge in [0.2, 0.25) is 0 Å². The molecule has 1 aromatic carbocycles. The van der Waals surface area contributed by atoms with Crippen molar-refractivity contribution in [2.75, 3.05) is 5.32 Å². The average molecular weight is 429 g/mol. The van der Waals surface area contributed by atoms with Crippen molar-refractivity contribution < 1.29 is 0 Å². The highest BCUT2D eigenvalue weighted by molar-refractivity contribution is 9.10. The number of aromatic nitrogens is 3. The quantitative estimate of drug-likeness (QED) is 0.530. The van der Waals surface area contributed by atoms with Crippen LogP contribution in [0.3, 0.4) is 0 Å². The lowest BCUT2D eigenvalue weighted by molar-refractivity contribution is 0.302. The fraction of sp³-hybridized carbons (Fsp3) is 0.455.